The van der Waals surface area contributed by atoms with Crippen molar-refractivity contribution in [2.24, 2.45) is 0 Å². The maximum absolute atomic E-state index is 13.1. The first-order valence-corrected chi connectivity index (χ1v) is 7.91. The Labute approximate surface area is 126 Å². The summed E-state index contributed by atoms with van der Waals surface area (Å²) in [6.45, 7) is 7.77. The molecule has 0 aliphatic carbocycles. The molecule has 21 heavy (non-hydrogen) atoms. The molecule has 4 heteroatoms. The van der Waals surface area contributed by atoms with Crippen LogP contribution in [0.4, 0.5) is 8.78 Å². The minimum atomic E-state index is -0.616. The van der Waals surface area contributed by atoms with Crippen LogP contribution in [0.5, 0.6) is 0 Å². The summed E-state index contributed by atoms with van der Waals surface area (Å²) in [5, 5.41) is 3.58. The SMILES string of the molecule is CCC(C)(NCCN1CCC(F)CC1)c1ccc(F)cc1. The molecule has 0 bridgehead atoms. The Bertz CT molecular complexity index is 427. The largest absolute Gasteiger partial charge is 0.306 e. The molecule has 1 atom stereocenters. The van der Waals surface area contributed by atoms with Gasteiger partial charge in [-0.25, -0.2) is 8.78 Å². The smallest absolute Gasteiger partial charge is 0.123 e. The molecule has 0 aromatic heterocycles. The Morgan fingerprint density at radius 2 is 1.86 bits per heavy atom. The van der Waals surface area contributed by atoms with E-state index in [0.717, 1.165) is 38.2 Å². The van der Waals surface area contributed by atoms with E-state index >= 15 is 0 Å². The van der Waals surface area contributed by atoms with Gasteiger partial charge in [-0.2, -0.15) is 0 Å². The maximum atomic E-state index is 13.1. The van der Waals surface area contributed by atoms with Gasteiger partial charge in [-0.05, 0) is 43.9 Å². The zero-order valence-electron chi connectivity index (χ0n) is 13.0. The van der Waals surface area contributed by atoms with Gasteiger partial charge in [-0.1, -0.05) is 19.1 Å². The van der Waals surface area contributed by atoms with Gasteiger partial charge in [-0.3, -0.25) is 0 Å². The Kier molecular flexibility index (Phi) is 5.71. The van der Waals surface area contributed by atoms with Crippen molar-refractivity contribution in [3.8, 4) is 0 Å². The van der Waals surface area contributed by atoms with Crippen molar-refractivity contribution in [2.45, 2.75) is 44.8 Å². The lowest BCUT2D eigenvalue weighted by Crippen LogP contribution is -2.45. The summed E-state index contributed by atoms with van der Waals surface area (Å²) in [6, 6.07) is 6.72. The third-order valence-corrected chi connectivity index (χ3v) is 4.65. The normalized spacial score (nSPS) is 20.4. The molecule has 1 N–H and O–H groups in total. The molecule has 1 aliphatic rings. The molecule has 1 heterocycles. The summed E-state index contributed by atoms with van der Waals surface area (Å²) in [5.74, 6) is -0.203. The third kappa shape index (κ3) is 4.48. The number of benzene rings is 1. The number of hydrogen-bond donors (Lipinski definition) is 1. The highest BCUT2D eigenvalue weighted by Crippen LogP contribution is 2.24. The quantitative estimate of drug-likeness (QED) is 0.864. The zero-order valence-corrected chi connectivity index (χ0v) is 13.0. The van der Waals surface area contributed by atoms with Crippen LogP contribution in [0.25, 0.3) is 0 Å². The van der Waals surface area contributed by atoms with Gasteiger partial charge in [0.15, 0.2) is 0 Å². The Balaban J connectivity index is 1.85. The molecule has 118 valence electrons. The van der Waals surface area contributed by atoms with Crippen molar-refractivity contribution in [3.05, 3.63) is 35.6 Å². The standard InChI is InChI=1S/C17H26F2N2/c1-3-17(2,14-4-6-15(18)7-5-14)20-10-13-21-11-8-16(19)9-12-21/h4-7,16,20H,3,8-13H2,1-2H3. The molecule has 0 saturated carbocycles. The molecule has 1 unspecified atom stereocenters. The van der Waals surface area contributed by atoms with Crippen LogP contribution in [0.1, 0.15) is 38.7 Å². The van der Waals surface area contributed by atoms with Crippen LogP contribution in [-0.2, 0) is 5.54 Å². The minimum Gasteiger partial charge on any atom is -0.306 e. The second-order valence-electron chi connectivity index (χ2n) is 6.14. The van der Waals surface area contributed by atoms with Gasteiger partial charge in [0.25, 0.3) is 0 Å². The number of halogens is 2. The number of rotatable bonds is 6. The molecule has 1 aromatic rings. The highest BCUT2D eigenvalue weighted by atomic mass is 19.1. The van der Waals surface area contributed by atoms with Crippen molar-refractivity contribution in [1.82, 2.24) is 10.2 Å². The molecule has 1 fully saturated rings. The first kappa shape index (κ1) is 16.4. The molecule has 2 rings (SSSR count). The van der Waals surface area contributed by atoms with Crippen molar-refractivity contribution in [1.29, 1.82) is 0 Å². The van der Waals surface area contributed by atoms with E-state index in [4.69, 9.17) is 0 Å². The number of piperidine rings is 1. The second kappa shape index (κ2) is 7.32. The predicted octanol–water partition coefficient (Wildman–Crippen LogP) is 3.47. The van der Waals surface area contributed by atoms with E-state index in [-0.39, 0.29) is 11.4 Å². The maximum Gasteiger partial charge on any atom is 0.123 e. The molecular formula is C17H26F2N2. The summed E-state index contributed by atoms with van der Waals surface area (Å²) >= 11 is 0. The van der Waals surface area contributed by atoms with Gasteiger partial charge in [0.1, 0.15) is 12.0 Å². The van der Waals surface area contributed by atoms with Gasteiger partial charge < -0.3 is 10.2 Å². The van der Waals surface area contributed by atoms with Crippen molar-refractivity contribution in [3.63, 3.8) is 0 Å². The van der Waals surface area contributed by atoms with Crippen molar-refractivity contribution in [2.75, 3.05) is 26.2 Å². The van der Waals surface area contributed by atoms with E-state index in [9.17, 15) is 8.78 Å². The summed E-state index contributed by atoms with van der Waals surface area (Å²) in [5.41, 5.74) is 0.959. The summed E-state index contributed by atoms with van der Waals surface area (Å²) in [7, 11) is 0. The molecule has 0 radical (unpaired) electrons. The third-order valence-electron chi connectivity index (χ3n) is 4.65. The van der Waals surface area contributed by atoms with E-state index in [1.165, 1.54) is 12.1 Å². The lowest BCUT2D eigenvalue weighted by atomic mass is 9.89. The summed E-state index contributed by atoms with van der Waals surface area (Å²) < 4.78 is 26.2. The van der Waals surface area contributed by atoms with Crippen molar-refractivity contribution < 1.29 is 8.78 Å². The van der Waals surface area contributed by atoms with Crippen LogP contribution in [0, 0.1) is 5.82 Å². The molecule has 0 spiro atoms. The van der Waals surface area contributed by atoms with Crippen LogP contribution in [0.3, 0.4) is 0 Å². The molecular weight excluding hydrogens is 270 g/mol. The van der Waals surface area contributed by atoms with Crippen LogP contribution in [-0.4, -0.2) is 37.3 Å². The number of nitrogens with zero attached hydrogens (tertiary/aromatic N) is 1. The first-order valence-electron chi connectivity index (χ1n) is 7.91. The topological polar surface area (TPSA) is 15.3 Å². The summed E-state index contributed by atoms with van der Waals surface area (Å²) in [4.78, 5) is 2.31. The van der Waals surface area contributed by atoms with Crippen LogP contribution in [0.2, 0.25) is 0 Å². The fraction of sp³-hybridized carbons (Fsp3) is 0.647. The molecule has 1 aromatic carbocycles. The monoisotopic (exact) mass is 296 g/mol. The minimum absolute atomic E-state index is 0.147. The molecule has 2 nitrogen and oxygen atoms in total. The lowest BCUT2D eigenvalue weighted by Gasteiger charge is -2.33. The van der Waals surface area contributed by atoms with E-state index in [0.29, 0.717) is 12.8 Å². The predicted molar refractivity (Wildman–Crippen MR) is 82.6 cm³/mol. The Morgan fingerprint density at radius 3 is 2.43 bits per heavy atom. The van der Waals surface area contributed by atoms with Crippen molar-refractivity contribution >= 4 is 0 Å². The molecule has 0 amide bonds. The Hall–Kier alpha value is -1.00. The highest BCUT2D eigenvalue weighted by molar-refractivity contribution is 5.24. The van der Waals surface area contributed by atoms with Crippen LogP contribution in [0.15, 0.2) is 24.3 Å². The molecule has 1 saturated heterocycles. The zero-order chi connectivity index (χ0) is 15.3. The second-order valence-corrected chi connectivity index (χ2v) is 6.14. The number of hydrogen-bond acceptors (Lipinski definition) is 2. The van der Waals surface area contributed by atoms with E-state index < -0.39 is 6.17 Å². The number of likely N-dealkylation sites (tertiary alicyclic amines) is 1. The Morgan fingerprint density at radius 1 is 1.24 bits per heavy atom. The fourth-order valence-electron chi connectivity index (χ4n) is 2.86. The van der Waals surface area contributed by atoms with Crippen LogP contribution < -0.4 is 5.32 Å². The van der Waals surface area contributed by atoms with E-state index in [1.807, 2.05) is 12.1 Å². The summed E-state index contributed by atoms with van der Waals surface area (Å²) in [6.07, 6.45) is 1.63. The molecule has 1 aliphatic heterocycles. The van der Waals surface area contributed by atoms with Gasteiger partial charge in [0.05, 0.1) is 0 Å². The van der Waals surface area contributed by atoms with Gasteiger partial charge >= 0.3 is 0 Å². The average Bonchev–Trinajstić information content (AvgIpc) is 2.50. The first-order chi connectivity index (χ1) is 10.0. The van der Waals surface area contributed by atoms with Gasteiger partial charge in [0.2, 0.25) is 0 Å². The van der Waals surface area contributed by atoms with E-state index in [2.05, 4.69) is 24.1 Å². The lowest BCUT2D eigenvalue weighted by molar-refractivity contribution is 0.147. The highest BCUT2D eigenvalue weighted by Gasteiger charge is 2.24. The van der Waals surface area contributed by atoms with E-state index in [1.54, 1.807) is 0 Å². The fourth-order valence-corrected chi connectivity index (χ4v) is 2.86. The number of nitrogens with one attached hydrogen (secondary N) is 1. The van der Waals surface area contributed by atoms with Gasteiger partial charge in [0, 0.05) is 31.7 Å². The average molecular weight is 296 g/mol. The van der Waals surface area contributed by atoms with Crippen LogP contribution >= 0.6 is 0 Å². The van der Waals surface area contributed by atoms with Gasteiger partial charge in [-0.15, -0.1) is 0 Å². The number of alkyl halides is 1.